The molecule has 4 nitrogen and oxygen atoms in total. The number of pyridine rings is 1. The fraction of sp³-hybridized carbons (Fsp3) is 0.400. The molecule has 0 aromatic carbocycles. The van der Waals surface area contributed by atoms with Gasteiger partial charge in [-0.2, -0.15) is 0 Å². The molecule has 0 bridgehead atoms. The Bertz CT molecular complexity index is 378. The second kappa shape index (κ2) is 3.06. The number of carboxylic acid groups (broad SMARTS) is 1. The van der Waals surface area contributed by atoms with E-state index in [0.717, 1.165) is 18.4 Å². The molecule has 3 N–H and O–H groups in total. The SMILES string of the molecule is NC1(C(=O)O)CCCc2cccnc21. The third-order valence-corrected chi connectivity index (χ3v) is 2.71. The zero-order chi connectivity index (χ0) is 10.2. The highest BCUT2D eigenvalue weighted by Gasteiger charge is 2.40. The number of aromatic nitrogens is 1. The highest BCUT2D eigenvalue weighted by Crippen LogP contribution is 2.31. The molecule has 1 aromatic heterocycles. The number of fused-ring (bicyclic) bond motifs is 1. The molecule has 0 saturated heterocycles. The molecule has 1 atom stereocenters. The minimum absolute atomic E-state index is 0.465. The number of carboxylic acids is 1. The zero-order valence-corrected chi connectivity index (χ0v) is 7.73. The molecule has 0 radical (unpaired) electrons. The fourth-order valence-electron chi connectivity index (χ4n) is 1.93. The Hall–Kier alpha value is -1.42. The summed E-state index contributed by atoms with van der Waals surface area (Å²) < 4.78 is 0. The van der Waals surface area contributed by atoms with Gasteiger partial charge in [0.25, 0.3) is 0 Å². The Morgan fingerprint density at radius 3 is 3.14 bits per heavy atom. The van der Waals surface area contributed by atoms with E-state index in [1.165, 1.54) is 0 Å². The Kier molecular flexibility index (Phi) is 2.00. The topological polar surface area (TPSA) is 76.2 Å². The van der Waals surface area contributed by atoms with Gasteiger partial charge in [-0.05, 0) is 30.9 Å². The molecule has 1 aromatic rings. The molecule has 14 heavy (non-hydrogen) atoms. The van der Waals surface area contributed by atoms with Gasteiger partial charge in [-0.25, -0.2) is 4.79 Å². The van der Waals surface area contributed by atoms with E-state index in [4.69, 9.17) is 10.8 Å². The summed E-state index contributed by atoms with van der Waals surface area (Å²) in [5, 5.41) is 9.08. The maximum atomic E-state index is 11.1. The third kappa shape index (κ3) is 1.19. The van der Waals surface area contributed by atoms with Crippen molar-refractivity contribution in [1.29, 1.82) is 0 Å². The lowest BCUT2D eigenvalue weighted by Crippen LogP contribution is -2.48. The van der Waals surface area contributed by atoms with Gasteiger partial charge < -0.3 is 10.8 Å². The van der Waals surface area contributed by atoms with Gasteiger partial charge in [0.2, 0.25) is 0 Å². The van der Waals surface area contributed by atoms with Gasteiger partial charge in [-0.1, -0.05) is 6.07 Å². The molecular formula is C10H12N2O2. The monoisotopic (exact) mass is 192 g/mol. The van der Waals surface area contributed by atoms with Crippen LogP contribution in [0.3, 0.4) is 0 Å². The molecular weight excluding hydrogens is 180 g/mol. The maximum Gasteiger partial charge on any atom is 0.329 e. The minimum Gasteiger partial charge on any atom is -0.480 e. The van der Waals surface area contributed by atoms with Crippen molar-refractivity contribution in [3.63, 3.8) is 0 Å². The Labute approximate surface area is 81.8 Å². The summed E-state index contributed by atoms with van der Waals surface area (Å²) in [6.07, 6.45) is 3.73. The second-order valence-electron chi connectivity index (χ2n) is 3.64. The number of nitrogens with zero attached hydrogens (tertiary/aromatic N) is 1. The number of nitrogens with two attached hydrogens (primary N) is 1. The van der Waals surface area contributed by atoms with Crippen LogP contribution in [0.1, 0.15) is 24.1 Å². The molecule has 0 fully saturated rings. The molecule has 4 heteroatoms. The molecule has 1 unspecified atom stereocenters. The summed E-state index contributed by atoms with van der Waals surface area (Å²) in [7, 11) is 0. The molecule has 1 aliphatic rings. The number of hydrogen-bond donors (Lipinski definition) is 2. The average Bonchev–Trinajstić information content (AvgIpc) is 2.18. The summed E-state index contributed by atoms with van der Waals surface area (Å²) in [4.78, 5) is 15.2. The molecule has 0 spiro atoms. The van der Waals surface area contributed by atoms with E-state index >= 15 is 0 Å². The highest BCUT2D eigenvalue weighted by atomic mass is 16.4. The van der Waals surface area contributed by atoms with Crippen LogP contribution in [0.4, 0.5) is 0 Å². The van der Waals surface area contributed by atoms with Gasteiger partial charge in [-0.3, -0.25) is 4.98 Å². The predicted molar refractivity (Wildman–Crippen MR) is 50.7 cm³/mol. The van der Waals surface area contributed by atoms with Crippen molar-refractivity contribution < 1.29 is 9.90 Å². The summed E-state index contributed by atoms with van der Waals surface area (Å²) in [6.45, 7) is 0. The quantitative estimate of drug-likeness (QED) is 0.685. The van der Waals surface area contributed by atoms with Crippen molar-refractivity contribution in [2.45, 2.75) is 24.8 Å². The van der Waals surface area contributed by atoms with Crippen LogP contribution < -0.4 is 5.73 Å². The number of aliphatic carboxylic acids is 1. The van der Waals surface area contributed by atoms with Crippen molar-refractivity contribution in [2.75, 3.05) is 0 Å². The van der Waals surface area contributed by atoms with E-state index in [0.29, 0.717) is 12.1 Å². The second-order valence-corrected chi connectivity index (χ2v) is 3.64. The minimum atomic E-state index is -1.28. The summed E-state index contributed by atoms with van der Waals surface area (Å²) in [5.74, 6) is -0.989. The number of rotatable bonds is 1. The van der Waals surface area contributed by atoms with Gasteiger partial charge in [0.1, 0.15) is 0 Å². The first kappa shape index (κ1) is 9.15. The van der Waals surface area contributed by atoms with Crippen molar-refractivity contribution in [2.24, 2.45) is 5.73 Å². The normalized spacial score (nSPS) is 25.5. The van der Waals surface area contributed by atoms with Gasteiger partial charge >= 0.3 is 5.97 Å². The Morgan fingerprint density at radius 2 is 2.43 bits per heavy atom. The van der Waals surface area contributed by atoms with E-state index in [9.17, 15) is 4.79 Å². The van der Waals surface area contributed by atoms with Gasteiger partial charge in [0.15, 0.2) is 5.54 Å². The van der Waals surface area contributed by atoms with Crippen LogP contribution in [-0.2, 0) is 16.8 Å². The van der Waals surface area contributed by atoms with E-state index < -0.39 is 11.5 Å². The molecule has 2 rings (SSSR count). The highest BCUT2D eigenvalue weighted by molar-refractivity contribution is 5.80. The first-order chi connectivity index (χ1) is 6.64. The largest absolute Gasteiger partial charge is 0.480 e. The average molecular weight is 192 g/mol. The fourth-order valence-corrected chi connectivity index (χ4v) is 1.93. The zero-order valence-electron chi connectivity index (χ0n) is 7.73. The van der Waals surface area contributed by atoms with Gasteiger partial charge in [0.05, 0.1) is 5.69 Å². The van der Waals surface area contributed by atoms with Crippen LogP contribution >= 0.6 is 0 Å². The molecule has 1 aliphatic carbocycles. The van der Waals surface area contributed by atoms with Crippen LogP contribution in [0.15, 0.2) is 18.3 Å². The molecule has 1 heterocycles. The first-order valence-electron chi connectivity index (χ1n) is 4.61. The Morgan fingerprint density at radius 1 is 1.64 bits per heavy atom. The number of carbonyl (C=O) groups is 1. The molecule has 74 valence electrons. The third-order valence-electron chi connectivity index (χ3n) is 2.71. The summed E-state index contributed by atoms with van der Waals surface area (Å²) in [6, 6.07) is 3.71. The van der Waals surface area contributed by atoms with Crippen molar-refractivity contribution >= 4 is 5.97 Å². The first-order valence-corrected chi connectivity index (χ1v) is 4.61. The van der Waals surface area contributed by atoms with Crippen LogP contribution in [0.5, 0.6) is 0 Å². The van der Waals surface area contributed by atoms with Gasteiger partial charge in [0, 0.05) is 6.20 Å². The van der Waals surface area contributed by atoms with E-state index in [1.807, 2.05) is 12.1 Å². The lowest BCUT2D eigenvalue weighted by molar-refractivity contribution is -0.144. The van der Waals surface area contributed by atoms with E-state index in [1.54, 1.807) is 6.20 Å². The van der Waals surface area contributed by atoms with Crippen LogP contribution in [0.25, 0.3) is 0 Å². The molecule has 0 amide bonds. The smallest absolute Gasteiger partial charge is 0.329 e. The standard InChI is InChI=1S/C10H12N2O2/c11-10(9(13)14)5-1-3-7-4-2-6-12-8(7)10/h2,4,6H,1,3,5,11H2,(H,13,14). The van der Waals surface area contributed by atoms with Crippen LogP contribution in [-0.4, -0.2) is 16.1 Å². The van der Waals surface area contributed by atoms with Crippen molar-refractivity contribution in [3.05, 3.63) is 29.6 Å². The Balaban J connectivity index is 2.55. The van der Waals surface area contributed by atoms with E-state index in [-0.39, 0.29) is 0 Å². The summed E-state index contributed by atoms with van der Waals surface area (Å²) >= 11 is 0. The van der Waals surface area contributed by atoms with Crippen molar-refractivity contribution in [3.8, 4) is 0 Å². The lowest BCUT2D eigenvalue weighted by Gasteiger charge is -2.30. The molecule has 0 aliphatic heterocycles. The number of aryl methyl sites for hydroxylation is 1. The van der Waals surface area contributed by atoms with Crippen LogP contribution in [0.2, 0.25) is 0 Å². The van der Waals surface area contributed by atoms with Crippen molar-refractivity contribution in [1.82, 2.24) is 4.98 Å². The maximum absolute atomic E-state index is 11.1. The summed E-state index contributed by atoms with van der Waals surface area (Å²) in [5.41, 5.74) is 6.06. The lowest BCUT2D eigenvalue weighted by atomic mass is 9.81. The predicted octanol–water partition coefficient (Wildman–Crippen LogP) is 0.656. The molecule has 0 saturated carbocycles. The van der Waals surface area contributed by atoms with E-state index in [2.05, 4.69) is 4.98 Å². The van der Waals surface area contributed by atoms with Gasteiger partial charge in [-0.15, -0.1) is 0 Å². The number of hydrogen-bond acceptors (Lipinski definition) is 3. The van der Waals surface area contributed by atoms with Crippen LogP contribution in [0, 0.1) is 0 Å².